The Morgan fingerprint density at radius 1 is 1.37 bits per heavy atom. The molecule has 2 fully saturated rings. The minimum atomic E-state index is -1.02. The summed E-state index contributed by atoms with van der Waals surface area (Å²) in [5.74, 6) is -1.12. The Hall–Kier alpha value is -1.14. The van der Waals surface area contributed by atoms with Crippen molar-refractivity contribution in [1.82, 2.24) is 10.2 Å². The molecular formula is C13H22N2O4. The van der Waals surface area contributed by atoms with E-state index in [0.717, 1.165) is 25.9 Å². The molecule has 0 spiro atoms. The number of aliphatic hydroxyl groups is 1. The van der Waals surface area contributed by atoms with Crippen LogP contribution in [-0.2, 0) is 9.59 Å². The third kappa shape index (κ3) is 2.60. The van der Waals surface area contributed by atoms with Gasteiger partial charge in [0.2, 0.25) is 5.91 Å². The van der Waals surface area contributed by atoms with Crippen molar-refractivity contribution in [2.75, 3.05) is 19.6 Å². The number of carboxylic acids is 1. The van der Waals surface area contributed by atoms with E-state index in [-0.39, 0.29) is 18.9 Å². The number of rotatable bonds is 3. The SMILES string of the molecule is CCC1(C(=O)N2C[C@@H](O)C[C@H]2C(=O)O)CCNCC1. The van der Waals surface area contributed by atoms with Crippen molar-refractivity contribution in [2.24, 2.45) is 5.41 Å². The lowest BCUT2D eigenvalue weighted by atomic mass is 9.75. The average molecular weight is 270 g/mol. The van der Waals surface area contributed by atoms with E-state index in [9.17, 15) is 19.8 Å². The van der Waals surface area contributed by atoms with Gasteiger partial charge in [0.05, 0.1) is 11.5 Å². The molecule has 6 heteroatoms. The molecule has 2 aliphatic rings. The molecule has 0 aromatic carbocycles. The zero-order chi connectivity index (χ0) is 14.0. The lowest BCUT2D eigenvalue weighted by molar-refractivity contribution is -0.154. The molecule has 0 saturated carbocycles. The third-order valence-corrected chi connectivity index (χ3v) is 4.52. The first-order chi connectivity index (χ1) is 9.00. The molecule has 2 rings (SSSR count). The molecular weight excluding hydrogens is 248 g/mol. The van der Waals surface area contributed by atoms with Crippen molar-refractivity contribution < 1.29 is 19.8 Å². The Balaban J connectivity index is 2.19. The highest BCUT2D eigenvalue weighted by molar-refractivity contribution is 5.88. The van der Waals surface area contributed by atoms with Gasteiger partial charge in [-0.25, -0.2) is 4.79 Å². The second-order valence-electron chi connectivity index (χ2n) is 5.58. The second-order valence-corrected chi connectivity index (χ2v) is 5.58. The van der Waals surface area contributed by atoms with Crippen LogP contribution in [0, 0.1) is 5.41 Å². The van der Waals surface area contributed by atoms with Gasteiger partial charge in [0.1, 0.15) is 6.04 Å². The minimum absolute atomic E-state index is 0.0968. The van der Waals surface area contributed by atoms with Gasteiger partial charge >= 0.3 is 5.97 Å². The van der Waals surface area contributed by atoms with Crippen LogP contribution < -0.4 is 5.32 Å². The molecule has 0 radical (unpaired) electrons. The number of piperidine rings is 1. The first-order valence-corrected chi connectivity index (χ1v) is 6.93. The van der Waals surface area contributed by atoms with Gasteiger partial charge in [-0.3, -0.25) is 4.79 Å². The number of carboxylic acid groups (broad SMARTS) is 1. The van der Waals surface area contributed by atoms with Crippen LogP contribution in [0.5, 0.6) is 0 Å². The molecule has 0 aliphatic carbocycles. The maximum Gasteiger partial charge on any atom is 0.326 e. The number of hydrogen-bond acceptors (Lipinski definition) is 4. The number of β-amino-alcohol motifs (C(OH)–C–C–N with tert-alkyl or cyclic N) is 1. The van der Waals surface area contributed by atoms with Crippen LogP contribution in [0.15, 0.2) is 0 Å². The average Bonchev–Trinajstić information content (AvgIpc) is 2.81. The van der Waals surface area contributed by atoms with E-state index in [1.54, 1.807) is 0 Å². The monoisotopic (exact) mass is 270 g/mol. The summed E-state index contributed by atoms with van der Waals surface area (Å²) in [7, 11) is 0. The number of likely N-dealkylation sites (tertiary alicyclic amines) is 1. The summed E-state index contributed by atoms with van der Waals surface area (Å²) in [5.41, 5.74) is -0.455. The van der Waals surface area contributed by atoms with Crippen molar-refractivity contribution in [2.45, 2.75) is 44.8 Å². The highest BCUT2D eigenvalue weighted by atomic mass is 16.4. The van der Waals surface area contributed by atoms with E-state index in [4.69, 9.17) is 0 Å². The maximum atomic E-state index is 12.7. The molecule has 2 atom stereocenters. The Morgan fingerprint density at radius 2 is 2.00 bits per heavy atom. The maximum absolute atomic E-state index is 12.7. The van der Waals surface area contributed by atoms with Gasteiger partial charge < -0.3 is 20.4 Å². The zero-order valence-electron chi connectivity index (χ0n) is 11.3. The van der Waals surface area contributed by atoms with Gasteiger partial charge in [0, 0.05) is 13.0 Å². The Bertz CT molecular complexity index is 366. The number of aliphatic carboxylic acids is 1. The topological polar surface area (TPSA) is 89.9 Å². The van der Waals surface area contributed by atoms with E-state index >= 15 is 0 Å². The van der Waals surface area contributed by atoms with Gasteiger partial charge in [0.25, 0.3) is 0 Å². The molecule has 108 valence electrons. The Labute approximate surface area is 112 Å². The summed E-state index contributed by atoms with van der Waals surface area (Å²) in [4.78, 5) is 25.3. The molecule has 3 N–H and O–H groups in total. The summed E-state index contributed by atoms with van der Waals surface area (Å²) in [6, 6.07) is -0.874. The number of aliphatic hydroxyl groups excluding tert-OH is 1. The second kappa shape index (κ2) is 5.46. The fraction of sp³-hybridized carbons (Fsp3) is 0.846. The molecule has 2 aliphatic heterocycles. The summed E-state index contributed by atoms with van der Waals surface area (Å²) >= 11 is 0. The largest absolute Gasteiger partial charge is 0.480 e. The molecule has 0 aromatic rings. The van der Waals surface area contributed by atoms with E-state index in [2.05, 4.69) is 5.32 Å². The quantitative estimate of drug-likeness (QED) is 0.661. The smallest absolute Gasteiger partial charge is 0.326 e. The molecule has 2 saturated heterocycles. The molecule has 1 amide bonds. The Morgan fingerprint density at radius 3 is 2.53 bits per heavy atom. The zero-order valence-corrected chi connectivity index (χ0v) is 11.3. The van der Waals surface area contributed by atoms with E-state index < -0.39 is 23.5 Å². The van der Waals surface area contributed by atoms with E-state index in [0.29, 0.717) is 6.42 Å². The van der Waals surface area contributed by atoms with Crippen molar-refractivity contribution >= 4 is 11.9 Å². The number of nitrogens with zero attached hydrogens (tertiary/aromatic N) is 1. The van der Waals surface area contributed by atoms with Gasteiger partial charge in [-0.15, -0.1) is 0 Å². The van der Waals surface area contributed by atoms with Crippen LogP contribution in [-0.4, -0.2) is 58.8 Å². The lowest BCUT2D eigenvalue weighted by Gasteiger charge is -2.39. The molecule has 0 unspecified atom stereocenters. The van der Waals surface area contributed by atoms with Crippen molar-refractivity contribution in [1.29, 1.82) is 0 Å². The predicted octanol–water partition coefficient (Wildman–Crippen LogP) is -0.187. The van der Waals surface area contributed by atoms with E-state index in [1.807, 2.05) is 6.92 Å². The van der Waals surface area contributed by atoms with Crippen LogP contribution in [0.4, 0.5) is 0 Å². The summed E-state index contributed by atoms with van der Waals surface area (Å²) in [6.07, 6.45) is 1.61. The molecule has 6 nitrogen and oxygen atoms in total. The van der Waals surface area contributed by atoms with Crippen LogP contribution in [0.1, 0.15) is 32.6 Å². The summed E-state index contributed by atoms with van der Waals surface area (Å²) < 4.78 is 0. The number of amides is 1. The van der Waals surface area contributed by atoms with Crippen LogP contribution in [0.25, 0.3) is 0 Å². The third-order valence-electron chi connectivity index (χ3n) is 4.52. The highest BCUT2D eigenvalue weighted by Crippen LogP contribution is 2.37. The van der Waals surface area contributed by atoms with Gasteiger partial charge in [-0.2, -0.15) is 0 Å². The van der Waals surface area contributed by atoms with Crippen molar-refractivity contribution in [3.63, 3.8) is 0 Å². The Kier molecular flexibility index (Phi) is 4.10. The molecule has 2 heterocycles. The van der Waals surface area contributed by atoms with Gasteiger partial charge in [-0.05, 0) is 32.4 Å². The molecule has 0 bridgehead atoms. The number of carbonyl (C=O) groups excluding carboxylic acids is 1. The fourth-order valence-corrected chi connectivity index (χ4v) is 3.20. The number of carbonyl (C=O) groups is 2. The standard InChI is InChI=1S/C13H22N2O4/c1-2-13(3-5-14-6-4-13)12(19)15-8-9(16)7-10(15)11(17)18/h9-10,14,16H,2-8H2,1H3,(H,17,18)/t9-,10-/m0/s1. The minimum Gasteiger partial charge on any atom is -0.480 e. The fourth-order valence-electron chi connectivity index (χ4n) is 3.20. The molecule has 19 heavy (non-hydrogen) atoms. The normalized spacial score (nSPS) is 30.3. The summed E-state index contributed by atoms with van der Waals surface area (Å²) in [5, 5.41) is 22.1. The van der Waals surface area contributed by atoms with Crippen LogP contribution in [0.2, 0.25) is 0 Å². The molecule has 0 aromatic heterocycles. The number of hydrogen-bond donors (Lipinski definition) is 3. The van der Waals surface area contributed by atoms with Crippen LogP contribution >= 0.6 is 0 Å². The van der Waals surface area contributed by atoms with E-state index in [1.165, 1.54) is 4.90 Å². The number of nitrogens with one attached hydrogen (secondary N) is 1. The first-order valence-electron chi connectivity index (χ1n) is 6.93. The van der Waals surface area contributed by atoms with Crippen LogP contribution in [0.3, 0.4) is 0 Å². The van der Waals surface area contributed by atoms with Crippen molar-refractivity contribution in [3.05, 3.63) is 0 Å². The lowest BCUT2D eigenvalue weighted by Crippen LogP contribution is -2.52. The van der Waals surface area contributed by atoms with Gasteiger partial charge in [0.15, 0.2) is 0 Å². The predicted molar refractivity (Wildman–Crippen MR) is 68.6 cm³/mol. The van der Waals surface area contributed by atoms with Gasteiger partial charge in [-0.1, -0.05) is 6.92 Å². The summed E-state index contributed by atoms with van der Waals surface area (Å²) in [6.45, 7) is 3.69. The highest BCUT2D eigenvalue weighted by Gasteiger charge is 2.47. The van der Waals surface area contributed by atoms with Crippen molar-refractivity contribution in [3.8, 4) is 0 Å². The first kappa shape index (κ1) is 14.3.